The molecule has 2 amide bonds. The van der Waals surface area contributed by atoms with E-state index < -0.39 is 41.4 Å². The van der Waals surface area contributed by atoms with Crippen molar-refractivity contribution in [2.75, 3.05) is 93.2 Å². The van der Waals surface area contributed by atoms with E-state index in [0.717, 1.165) is 63.8 Å². The summed E-state index contributed by atoms with van der Waals surface area (Å²) in [5, 5.41) is 46.8. The lowest BCUT2D eigenvalue weighted by atomic mass is 10.1. The Morgan fingerprint density at radius 2 is 0.858 bits per heavy atom. The van der Waals surface area contributed by atoms with Crippen molar-refractivity contribution in [3.8, 4) is 65.3 Å². The number of carbonyl (C=O) groups is 4. The summed E-state index contributed by atoms with van der Waals surface area (Å²) in [6.07, 6.45) is -4.07. The predicted molar refractivity (Wildman–Crippen MR) is 459 cm³/mol. The van der Waals surface area contributed by atoms with Crippen LogP contribution in [0.25, 0.3) is 55.2 Å². The van der Waals surface area contributed by atoms with Crippen LogP contribution in [0.5, 0.6) is 0 Å². The van der Waals surface area contributed by atoms with Gasteiger partial charge in [-0.1, -0.05) is 47.8 Å². The number of amides is 2. The first kappa shape index (κ1) is 97.9. The zero-order valence-corrected chi connectivity index (χ0v) is 72.2. The molecule has 0 saturated carbocycles. The Morgan fingerprint density at radius 3 is 1.28 bits per heavy atom. The Balaban J connectivity index is 0.000000193. The van der Waals surface area contributed by atoms with Gasteiger partial charge in [0.2, 0.25) is 28.4 Å². The van der Waals surface area contributed by atoms with Gasteiger partial charge in [-0.25, -0.2) is 58.0 Å². The van der Waals surface area contributed by atoms with E-state index in [9.17, 15) is 65.2 Å². The Labute approximate surface area is 728 Å². The van der Waals surface area contributed by atoms with Crippen LogP contribution in [0.1, 0.15) is 77.0 Å². The third kappa shape index (κ3) is 24.5. The summed E-state index contributed by atoms with van der Waals surface area (Å²) in [6.45, 7) is 25.3. The second-order valence-electron chi connectivity index (χ2n) is 28.1. The lowest BCUT2D eigenvalue weighted by Gasteiger charge is -2.36. The number of nitrogens with two attached hydrogens (primary N) is 1. The SMILES string of the molecule is CC#CCn1c(Cl)nc2c(=O)n(C)ncc21.CC#CCn1c(Cl)nc2cnn(C)c(=O)c21.CC#CCn1c(N2CCN(C(=O)OC(C)(C)C)CC2)nc2c(=O)n(C)ncc21.CC#CCn1c(N2CCNCC2)nc2c(=O)n(C)ncc21.CC#CCn1c(N2CCNCC2)nc2cc(C(N)=O)n(Cc3ccccc3C#N)c(=O)c21.O=C(O)C(F)(F)F.O=C(O)C(F)(F)F. The van der Waals surface area contributed by atoms with Crippen molar-refractivity contribution in [2.24, 2.45) is 33.9 Å². The Kier molecular flexibility index (Phi) is 33.7. The molecule has 11 aromatic rings. The van der Waals surface area contributed by atoms with Crippen LogP contribution in [0, 0.1) is 70.5 Å². The molecule has 14 rings (SSSR count). The minimum Gasteiger partial charge on any atom is -0.475 e. The van der Waals surface area contributed by atoms with Gasteiger partial charge in [-0.3, -0.25) is 51.6 Å². The van der Waals surface area contributed by atoms with Crippen LogP contribution in [-0.4, -0.2) is 227 Å². The molecule has 0 spiro atoms. The van der Waals surface area contributed by atoms with Gasteiger partial charge in [0.1, 0.15) is 27.8 Å². The number of nitriles is 1. The number of aryl methyl sites for hydroxylation is 4. The summed E-state index contributed by atoms with van der Waals surface area (Å²) < 4.78 is 84.2. The molecule has 13 heterocycles. The van der Waals surface area contributed by atoms with Gasteiger partial charge in [-0.2, -0.15) is 52.0 Å². The molecular formula is C80H87Cl2F6N27O12. The third-order valence-corrected chi connectivity index (χ3v) is 19.1. The van der Waals surface area contributed by atoms with Crippen molar-refractivity contribution >= 4 is 120 Å². The number of carbonyl (C=O) groups excluding carboxylic acids is 2. The maximum absolute atomic E-state index is 13.7. The lowest BCUT2D eigenvalue weighted by molar-refractivity contribution is -0.193. The van der Waals surface area contributed by atoms with Crippen LogP contribution in [0.15, 0.2) is 79.1 Å². The molecule has 3 aliphatic rings. The number of nitrogens with zero attached hydrogens (tertiary/aromatic N) is 24. The quantitative estimate of drug-likeness (QED) is 0.0889. The largest absolute Gasteiger partial charge is 0.490 e. The number of hydrogen-bond acceptors (Lipinski definition) is 25. The number of pyridine rings is 1. The van der Waals surface area contributed by atoms with Gasteiger partial charge >= 0.3 is 30.4 Å². The van der Waals surface area contributed by atoms with E-state index in [1.807, 2.05) is 29.9 Å². The highest BCUT2D eigenvalue weighted by atomic mass is 35.5. The fraction of sp³-hybridized carbons (Fsp3) is 0.412. The number of imidazole rings is 5. The molecule has 39 nitrogen and oxygen atoms in total. The van der Waals surface area contributed by atoms with Gasteiger partial charge in [0.05, 0.1) is 97.8 Å². The standard InChI is InChI=1S/C23H23N7O2.C19H26N6O3.C14H18N6O.2C10H9ClN4O.2C2HF3O2/c1-2-3-10-29-20-18(27-23(29)28-11-8-26-9-12-28)13-19(21(25)31)30(22(20)32)15-17-7-5-4-6-16(17)14-24;1-6-7-8-25-14-13-20-22(5)16(26)15(14)21-17(25)23-9-11-24(12-10-23)18(27)28-19(2,3)4;1-3-4-7-20-11-10-16-18(2)13(21)12(11)17-14(20)19-8-5-15-6-9-19;1-3-4-5-15-7-6-12-14(2)9(16)8(7)13-10(15)11;1-3-4-5-15-8-7(13-10(15)11)6-12-14(2)9(8)16;2*3-2(4,5)1(6)7/h4-7,13,26H,8-12,15H2,1H3,(H2,25,31);13H,8-12H2,1-5H3;10,15H,5-9H2,1-2H3;2*6H,5H2,1-2H3;2*(H,6,7). The first-order valence-electron chi connectivity index (χ1n) is 38.3. The minimum absolute atomic E-state index is 0.0460. The van der Waals surface area contributed by atoms with Crippen molar-refractivity contribution in [1.82, 2.24) is 107 Å². The van der Waals surface area contributed by atoms with Crippen molar-refractivity contribution < 1.29 is 60.5 Å². The summed E-state index contributed by atoms with van der Waals surface area (Å²) in [6, 6.07) is 10.6. The zero-order valence-electron chi connectivity index (χ0n) is 70.7. The van der Waals surface area contributed by atoms with Gasteiger partial charge in [-0.05, 0) is 96.3 Å². The first-order chi connectivity index (χ1) is 60.2. The normalized spacial score (nSPS) is 12.9. The molecule has 47 heteroatoms. The van der Waals surface area contributed by atoms with E-state index in [2.05, 4.69) is 131 Å². The van der Waals surface area contributed by atoms with E-state index in [-0.39, 0.29) is 51.1 Å². The Hall–Kier alpha value is -14.5. The molecule has 3 fully saturated rings. The third-order valence-electron chi connectivity index (χ3n) is 18.6. The number of carboxylic acids is 2. The second-order valence-corrected chi connectivity index (χ2v) is 28.8. The molecule has 0 unspecified atom stereocenters. The van der Waals surface area contributed by atoms with Gasteiger partial charge in [0, 0.05) is 107 Å². The number of fused-ring (bicyclic) bond motifs is 5. The lowest BCUT2D eigenvalue weighted by Crippen LogP contribution is -2.50. The van der Waals surface area contributed by atoms with Crippen LogP contribution < -0.4 is 58.9 Å². The summed E-state index contributed by atoms with van der Waals surface area (Å²) in [4.78, 5) is 134. The molecule has 0 aliphatic carbocycles. The highest BCUT2D eigenvalue weighted by Gasteiger charge is 2.39. The monoisotopic (exact) mass is 1800 g/mol. The molecule has 3 saturated heterocycles. The van der Waals surface area contributed by atoms with E-state index in [0.29, 0.717) is 132 Å². The highest BCUT2D eigenvalue weighted by molar-refractivity contribution is 6.29. The zero-order chi connectivity index (χ0) is 93.5. The Bertz CT molecular complexity index is 6620. The number of carboxylic acid groups (broad SMARTS) is 2. The molecule has 0 atom stereocenters. The number of ether oxygens (including phenoxy) is 1. The smallest absolute Gasteiger partial charge is 0.475 e. The maximum Gasteiger partial charge on any atom is 0.490 e. The number of alkyl halides is 6. The summed E-state index contributed by atoms with van der Waals surface area (Å²) in [5.41, 5.74) is 9.78. The highest BCUT2D eigenvalue weighted by Crippen LogP contribution is 2.27. The number of aromatic nitrogens is 19. The Morgan fingerprint density at radius 1 is 0.488 bits per heavy atom. The number of aliphatic carboxylic acids is 2. The van der Waals surface area contributed by atoms with Gasteiger partial charge < -0.3 is 55.5 Å². The van der Waals surface area contributed by atoms with Crippen molar-refractivity contribution in [3.63, 3.8) is 0 Å². The fourth-order valence-electron chi connectivity index (χ4n) is 12.3. The van der Waals surface area contributed by atoms with E-state index in [4.69, 9.17) is 58.5 Å². The molecule has 6 N–H and O–H groups in total. The number of halogens is 8. The number of hydrogen-bond donors (Lipinski definition) is 5. The average molecular weight is 1800 g/mol. The number of anilines is 3. The van der Waals surface area contributed by atoms with Crippen LogP contribution in [-0.2, 0) is 81.8 Å². The summed E-state index contributed by atoms with van der Waals surface area (Å²) in [5.74, 6) is 24.9. The topological polar surface area (TPSA) is 455 Å². The number of primary amides is 1. The second kappa shape index (κ2) is 43.7. The van der Waals surface area contributed by atoms with Crippen LogP contribution in [0.3, 0.4) is 0 Å². The number of nitrogens with one attached hydrogen (secondary N) is 2. The molecule has 670 valence electrons. The minimum atomic E-state index is -5.08. The van der Waals surface area contributed by atoms with Crippen molar-refractivity contribution in [3.05, 3.63) is 134 Å². The van der Waals surface area contributed by atoms with Crippen LogP contribution >= 0.6 is 23.2 Å². The molecule has 0 radical (unpaired) electrons. The number of piperazine rings is 3. The summed E-state index contributed by atoms with van der Waals surface area (Å²) >= 11 is 11.9. The molecular weight excluding hydrogens is 1720 g/mol. The maximum atomic E-state index is 13.7. The molecule has 1 aromatic carbocycles. The van der Waals surface area contributed by atoms with Crippen LogP contribution in [0.2, 0.25) is 10.6 Å². The van der Waals surface area contributed by atoms with Gasteiger partial charge in [0.15, 0.2) is 16.6 Å². The average Bonchev–Trinajstić information content (AvgIpc) is 1.61. The first-order valence-corrected chi connectivity index (χ1v) is 39.1. The number of benzene rings is 1. The van der Waals surface area contributed by atoms with E-state index in [1.54, 1.807) is 130 Å². The van der Waals surface area contributed by atoms with Crippen LogP contribution in [0.4, 0.5) is 49.0 Å². The number of rotatable bonds is 11. The van der Waals surface area contributed by atoms with E-state index in [1.165, 1.54) is 29.5 Å². The fourth-order valence-corrected chi connectivity index (χ4v) is 12.8. The van der Waals surface area contributed by atoms with Gasteiger partial charge in [-0.15, -0.1) is 29.6 Å². The summed E-state index contributed by atoms with van der Waals surface area (Å²) in [7, 11) is 6.39. The molecule has 10 aromatic heterocycles. The molecule has 127 heavy (non-hydrogen) atoms. The molecule has 3 aliphatic heterocycles. The van der Waals surface area contributed by atoms with Gasteiger partial charge in [0.25, 0.3) is 33.7 Å². The predicted octanol–water partition coefficient (Wildman–Crippen LogP) is 4.30. The van der Waals surface area contributed by atoms with Crippen molar-refractivity contribution in [1.29, 1.82) is 5.26 Å². The van der Waals surface area contributed by atoms with E-state index >= 15 is 0 Å². The molecule has 0 bridgehead atoms. The van der Waals surface area contributed by atoms with Crippen molar-refractivity contribution in [2.45, 2.75) is 113 Å².